The number of benzene rings is 1. The normalized spacial score (nSPS) is 11.6. The summed E-state index contributed by atoms with van der Waals surface area (Å²) in [5, 5.41) is 0. The van der Waals surface area contributed by atoms with Gasteiger partial charge in [0, 0.05) is 18.9 Å². The number of rotatable bonds is 6. The van der Waals surface area contributed by atoms with Gasteiger partial charge in [-0.25, -0.2) is 13.1 Å². The van der Waals surface area contributed by atoms with E-state index in [-0.39, 0.29) is 5.75 Å². The third-order valence-corrected chi connectivity index (χ3v) is 4.19. The summed E-state index contributed by atoms with van der Waals surface area (Å²) in [6.45, 7) is 2.38. The van der Waals surface area contributed by atoms with E-state index in [0.29, 0.717) is 13.0 Å². The summed E-state index contributed by atoms with van der Waals surface area (Å²) < 4.78 is 26.5. The molecule has 0 aliphatic heterocycles. The number of hydrogen-bond acceptors (Lipinski definition) is 2. The van der Waals surface area contributed by atoms with Crippen LogP contribution in [-0.2, 0) is 22.2 Å². The lowest BCUT2D eigenvalue weighted by molar-refractivity contribution is 0.581. The van der Waals surface area contributed by atoms with Gasteiger partial charge in [-0.1, -0.05) is 29.8 Å². The quantitative estimate of drug-likeness (QED) is 0.849. The monoisotopic (exact) mass is 278 g/mol. The van der Waals surface area contributed by atoms with Gasteiger partial charge in [0.05, 0.1) is 5.75 Å². The zero-order chi connectivity index (χ0) is 13.7. The number of hydrogen-bond donors (Lipinski definition) is 2. The van der Waals surface area contributed by atoms with Crippen molar-refractivity contribution in [3.05, 3.63) is 59.4 Å². The van der Waals surface area contributed by atoms with E-state index in [1.807, 2.05) is 49.6 Å². The van der Waals surface area contributed by atoms with Crippen molar-refractivity contribution >= 4 is 10.0 Å². The van der Waals surface area contributed by atoms with Crippen LogP contribution in [0.3, 0.4) is 0 Å². The molecule has 2 rings (SSSR count). The third kappa shape index (κ3) is 4.54. The fourth-order valence-electron chi connectivity index (χ4n) is 1.94. The number of aromatic nitrogens is 1. The molecule has 102 valence electrons. The topological polar surface area (TPSA) is 62.0 Å². The molecule has 0 radical (unpaired) electrons. The highest BCUT2D eigenvalue weighted by atomic mass is 32.2. The molecule has 0 amide bonds. The largest absolute Gasteiger partial charge is 0.367 e. The third-order valence-electron chi connectivity index (χ3n) is 2.84. The first-order chi connectivity index (χ1) is 9.05. The van der Waals surface area contributed by atoms with Crippen LogP contribution in [0.25, 0.3) is 0 Å². The molecule has 0 saturated carbocycles. The summed E-state index contributed by atoms with van der Waals surface area (Å²) in [5.74, 6) is 0.0296. The van der Waals surface area contributed by atoms with Crippen LogP contribution >= 0.6 is 0 Å². The van der Waals surface area contributed by atoms with E-state index in [2.05, 4.69) is 9.71 Å². The molecule has 19 heavy (non-hydrogen) atoms. The van der Waals surface area contributed by atoms with Gasteiger partial charge < -0.3 is 4.98 Å². The van der Waals surface area contributed by atoms with Crippen LogP contribution in [0.4, 0.5) is 0 Å². The number of aryl methyl sites for hydroxylation is 1. The van der Waals surface area contributed by atoms with Crippen LogP contribution in [0.2, 0.25) is 0 Å². The minimum absolute atomic E-state index is 0.0296. The van der Waals surface area contributed by atoms with E-state index in [4.69, 9.17) is 0 Å². The molecule has 5 heteroatoms. The Balaban J connectivity index is 1.88. The summed E-state index contributed by atoms with van der Waals surface area (Å²) in [6, 6.07) is 9.49. The maximum Gasteiger partial charge on any atom is 0.215 e. The molecule has 2 aromatic rings. The average molecular weight is 278 g/mol. The lowest BCUT2D eigenvalue weighted by atomic mass is 10.2. The van der Waals surface area contributed by atoms with Gasteiger partial charge in [0.25, 0.3) is 0 Å². The molecule has 0 spiro atoms. The van der Waals surface area contributed by atoms with E-state index >= 15 is 0 Å². The highest BCUT2D eigenvalue weighted by molar-refractivity contribution is 7.88. The van der Waals surface area contributed by atoms with Crippen molar-refractivity contribution in [3.8, 4) is 0 Å². The Morgan fingerprint density at radius 1 is 1.21 bits per heavy atom. The van der Waals surface area contributed by atoms with Crippen LogP contribution in [-0.4, -0.2) is 19.9 Å². The molecular weight excluding hydrogens is 260 g/mol. The van der Waals surface area contributed by atoms with Gasteiger partial charge in [0.15, 0.2) is 0 Å². The van der Waals surface area contributed by atoms with Gasteiger partial charge in [0.2, 0.25) is 10.0 Å². The Labute approximate surface area is 113 Å². The number of nitrogens with one attached hydrogen (secondary N) is 2. The molecular formula is C14H18N2O2S. The lowest BCUT2D eigenvalue weighted by Crippen LogP contribution is -2.27. The molecule has 2 N–H and O–H groups in total. The van der Waals surface area contributed by atoms with Gasteiger partial charge >= 0.3 is 0 Å². The van der Waals surface area contributed by atoms with Crippen LogP contribution in [0.5, 0.6) is 0 Å². The Kier molecular flexibility index (Phi) is 4.39. The predicted molar refractivity (Wildman–Crippen MR) is 76.3 cm³/mol. The molecule has 0 atom stereocenters. The second kappa shape index (κ2) is 6.04. The van der Waals surface area contributed by atoms with Crippen LogP contribution in [0, 0.1) is 6.92 Å². The summed E-state index contributed by atoms with van der Waals surface area (Å²) >= 11 is 0. The number of sulfonamides is 1. The van der Waals surface area contributed by atoms with E-state index in [1.165, 1.54) is 0 Å². The fourth-order valence-corrected chi connectivity index (χ4v) is 3.07. The van der Waals surface area contributed by atoms with Gasteiger partial charge in [-0.3, -0.25) is 0 Å². The van der Waals surface area contributed by atoms with E-state index in [0.717, 1.165) is 16.7 Å². The van der Waals surface area contributed by atoms with Crippen LogP contribution < -0.4 is 4.72 Å². The Hall–Kier alpha value is -1.59. The van der Waals surface area contributed by atoms with Crippen LogP contribution in [0.15, 0.2) is 42.7 Å². The van der Waals surface area contributed by atoms with Crippen molar-refractivity contribution in [1.82, 2.24) is 9.71 Å². The SMILES string of the molecule is Cc1cccc(CS(=O)(=O)NCCc2cc[nH]c2)c1. The average Bonchev–Trinajstić information content (AvgIpc) is 2.81. The van der Waals surface area contributed by atoms with Crippen LogP contribution in [0.1, 0.15) is 16.7 Å². The molecule has 0 aliphatic carbocycles. The minimum Gasteiger partial charge on any atom is -0.367 e. The van der Waals surface area contributed by atoms with Crippen molar-refractivity contribution < 1.29 is 8.42 Å². The van der Waals surface area contributed by atoms with Crippen molar-refractivity contribution in [3.63, 3.8) is 0 Å². The fraction of sp³-hybridized carbons (Fsp3) is 0.286. The second-order valence-electron chi connectivity index (χ2n) is 4.61. The second-order valence-corrected chi connectivity index (χ2v) is 6.42. The lowest BCUT2D eigenvalue weighted by Gasteiger charge is -2.07. The van der Waals surface area contributed by atoms with E-state index in [9.17, 15) is 8.42 Å². The molecule has 0 saturated heterocycles. The molecule has 0 aliphatic rings. The maximum absolute atomic E-state index is 11.9. The smallest absolute Gasteiger partial charge is 0.215 e. The van der Waals surface area contributed by atoms with Gasteiger partial charge in [0.1, 0.15) is 0 Å². The Morgan fingerprint density at radius 2 is 2.05 bits per heavy atom. The number of H-pyrrole nitrogens is 1. The predicted octanol–water partition coefficient (Wildman–Crippen LogP) is 1.99. The zero-order valence-corrected chi connectivity index (χ0v) is 11.7. The molecule has 1 heterocycles. The zero-order valence-electron chi connectivity index (χ0n) is 10.9. The minimum atomic E-state index is -3.26. The summed E-state index contributed by atoms with van der Waals surface area (Å²) in [6.07, 6.45) is 4.39. The molecule has 0 fully saturated rings. The first kappa shape index (κ1) is 13.8. The van der Waals surface area contributed by atoms with E-state index in [1.54, 1.807) is 0 Å². The highest BCUT2D eigenvalue weighted by Crippen LogP contribution is 2.07. The maximum atomic E-state index is 11.9. The van der Waals surface area contributed by atoms with Crippen molar-refractivity contribution in [1.29, 1.82) is 0 Å². The Bertz CT molecular complexity index is 619. The molecule has 0 bridgehead atoms. The van der Waals surface area contributed by atoms with Crippen molar-refractivity contribution in [2.24, 2.45) is 0 Å². The van der Waals surface area contributed by atoms with Crippen molar-refractivity contribution in [2.75, 3.05) is 6.54 Å². The molecule has 1 aromatic carbocycles. The molecule has 0 unspecified atom stereocenters. The van der Waals surface area contributed by atoms with Gasteiger partial charge in [-0.2, -0.15) is 0 Å². The van der Waals surface area contributed by atoms with Gasteiger partial charge in [-0.05, 0) is 30.5 Å². The molecule has 4 nitrogen and oxygen atoms in total. The van der Waals surface area contributed by atoms with Gasteiger partial charge in [-0.15, -0.1) is 0 Å². The summed E-state index contributed by atoms with van der Waals surface area (Å²) in [7, 11) is -3.26. The highest BCUT2D eigenvalue weighted by Gasteiger charge is 2.10. The Morgan fingerprint density at radius 3 is 2.74 bits per heavy atom. The van der Waals surface area contributed by atoms with E-state index < -0.39 is 10.0 Å². The first-order valence-corrected chi connectivity index (χ1v) is 7.85. The summed E-state index contributed by atoms with van der Waals surface area (Å²) in [5.41, 5.74) is 2.98. The number of aromatic amines is 1. The standard InChI is InChI=1S/C14H18N2O2S/c1-12-3-2-4-14(9-12)11-19(17,18)16-8-6-13-5-7-15-10-13/h2-5,7,9-10,15-16H,6,8,11H2,1H3. The molecule has 1 aromatic heterocycles. The van der Waals surface area contributed by atoms with Crippen molar-refractivity contribution in [2.45, 2.75) is 19.1 Å². The first-order valence-electron chi connectivity index (χ1n) is 6.20. The summed E-state index contributed by atoms with van der Waals surface area (Å²) in [4.78, 5) is 2.95.